The molecule has 1 atom stereocenters. The fraction of sp³-hybridized carbons (Fsp3) is 0.650. The molecule has 0 fully saturated rings. The maximum Gasteiger partial charge on any atom is 0.223 e. The summed E-state index contributed by atoms with van der Waals surface area (Å²) in [5.41, 5.74) is 10.00. The monoisotopic (exact) mass is 421 g/mol. The van der Waals surface area contributed by atoms with Crippen LogP contribution in [0.2, 0.25) is 21.8 Å². The van der Waals surface area contributed by atoms with Crippen LogP contribution in [-0.2, 0) is 4.43 Å². The van der Waals surface area contributed by atoms with Gasteiger partial charge in [0.05, 0.1) is 0 Å². The highest BCUT2D eigenvalue weighted by atomic mass is 35.5. The number of anilines is 1. The van der Waals surface area contributed by atoms with Crippen molar-refractivity contribution in [3.05, 3.63) is 17.6 Å². The zero-order valence-electron chi connectivity index (χ0n) is 17.7. The third-order valence-corrected chi connectivity index (χ3v) is 12.5. The molecule has 3 rings (SSSR count). The van der Waals surface area contributed by atoms with Gasteiger partial charge in [-0.1, -0.05) is 59.2 Å². The Balaban J connectivity index is 1.74. The first-order valence-corrected chi connectivity index (χ1v) is 12.7. The molecule has 1 unspecified atom stereocenters. The van der Waals surface area contributed by atoms with Crippen LogP contribution in [0.15, 0.2) is 12.4 Å². The lowest BCUT2D eigenvalue weighted by Crippen LogP contribution is -2.48. The number of nitrogen functional groups attached to an aromatic ring is 1. The van der Waals surface area contributed by atoms with E-state index in [4.69, 9.17) is 21.8 Å². The Labute approximate surface area is 173 Å². The highest BCUT2D eigenvalue weighted by Gasteiger charge is 2.45. The Bertz CT molecular complexity index is 855. The first kappa shape index (κ1) is 21.3. The molecule has 0 aliphatic heterocycles. The van der Waals surface area contributed by atoms with Crippen molar-refractivity contribution in [1.82, 2.24) is 19.5 Å². The molecule has 2 aromatic heterocycles. The van der Waals surface area contributed by atoms with E-state index in [1.807, 2.05) is 4.57 Å². The number of hydrogen-bond donors (Lipinski definition) is 1. The maximum absolute atomic E-state index is 6.80. The molecule has 6 nitrogen and oxygen atoms in total. The molecule has 0 saturated carbocycles. The van der Waals surface area contributed by atoms with Crippen LogP contribution in [0.5, 0.6) is 0 Å². The van der Waals surface area contributed by atoms with Crippen molar-refractivity contribution in [3.63, 3.8) is 0 Å². The summed E-state index contributed by atoms with van der Waals surface area (Å²) in [7, 11) is -1.84. The molecule has 0 aromatic carbocycles. The number of rotatable bonds is 7. The molecule has 2 aromatic rings. The van der Waals surface area contributed by atoms with Gasteiger partial charge in [-0.15, -0.1) is 0 Å². The summed E-state index contributed by atoms with van der Waals surface area (Å²) in [6, 6.07) is 0. The Morgan fingerprint density at radius 2 is 1.82 bits per heavy atom. The van der Waals surface area contributed by atoms with Gasteiger partial charge in [0.25, 0.3) is 0 Å². The summed E-state index contributed by atoms with van der Waals surface area (Å²) >= 11 is 6.16. The van der Waals surface area contributed by atoms with Gasteiger partial charge in [0.15, 0.2) is 19.1 Å². The van der Waals surface area contributed by atoms with Crippen LogP contribution in [0.4, 0.5) is 5.95 Å². The number of allylic oxidation sites excluding steroid dienone is 2. The van der Waals surface area contributed by atoms with E-state index in [0.717, 1.165) is 19.4 Å². The number of nitrogens with two attached hydrogens (primary N) is 1. The number of aromatic nitrogens is 4. The van der Waals surface area contributed by atoms with E-state index in [1.54, 1.807) is 6.33 Å². The lowest BCUT2D eigenvalue weighted by atomic mass is 10.1. The average molecular weight is 422 g/mol. The van der Waals surface area contributed by atoms with Crippen molar-refractivity contribution in [1.29, 1.82) is 0 Å². The Morgan fingerprint density at radius 1 is 1.18 bits per heavy atom. The number of imidazole rings is 1. The van der Waals surface area contributed by atoms with E-state index in [9.17, 15) is 0 Å². The van der Waals surface area contributed by atoms with Crippen molar-refractivity contribution < 1.29 is 4.43 Å². The quantitative estimate of drug-likeness (QED) is 0.471. The number of fused-ring (bicyclic) bond motifs is 1. The average Bonchev–Trinajstić information content (AvgIpc) is 3.20. The minimum Gasteiger partial charge on any atom is -0.416 e. The molecule has 0 spiro atoms. The highest BCUT2D eigenvalue weighted by Crippen LogP contribution is 2.43. The smallest absolute Gasteiger partial charge is 0.223 e. The molecule has 0 bridgehead atoms. The molecule has 28 heavy (non-hydrogen) atoms. The lowest BCUT2D eigenvalue weighted by molar-refractivity contribution is 0.226. The maximum atomic E-state index is 6.80. The molecule has 2 N–H and O–H groups in total. The molecule has 0 radical (unpaired) electrons. The van der Waals surface area contributed by atoms with Crippen LogP contribution in [0, 0.1) is 5.92 Å². The van der Waals surface area contributed by atoms with E-state index in [1.165, 1.54) is 5.70 Å². The fourth-order valence-corrected chi connectivity index (χ4v) is 10.7. The van der Waals surface area contributed by atoms with Crippen molar-refractivity contribution in [2.75, 3.05) is 12.3 Å². The summed E-state index contributed by atoms with van der Waals surface area (Å²) in [5.74, 6) is 0.643. The summed E-state index contributed by atoms with van der Waals surface area (Å²) in [6.07, 6.45) is 5.95. The van der Waals surface area contributed by atoms with Crippen LogP contribution < -0.4 is 5.73 Å². The van der Waals surface area contributed by atoms with Gasteiger partial charge in [0.1, 0.15) is 11.8 Å². The topological polar surface area (TPSA) is 78.8 Å². The van der Waals surface area contributed by atoms with Gasteiger partial charge in [-0.25, -0.2) is 4.98 Å². The van der Waals surface area contributed by atoms with E-state index in [0.29, 0.717) is 38.9 Å². The van der Waals surface area contributed by atoms with Gasteiger partial charge in [-0.3, -0.25) is 4.57 Å². The summed E-state index contributed by atoms with van der Waals surface area (Å²) in [4.78, 5) is 12.7. The van der Waals surface area contributed by atoms with E-state index in [2.05, 4.69) is 62.6 Å². The van der Waals surface area contributed by atoms with Crippen LogP contribution in [-0.4, -0.2) is 34.4 Å². The van der Waals surface area contributed by atoms with Gasteiger partial charge in [-0.2, -0.15) is 9.97 Å². The molecule has 2 heterocycles. The fourth-order valence-electron chi connectivity index (χ4n) is 4.94. The van der Waals surface area contributed by atoms with Gasteiger partial charge >= 0.3 is 0 Å². The minimum absolute atomic E-state index is 0.166. The van der Waals surface area contributed by atoms with Crippen molar-refractivity contribution in [2.24, 2.45) is 5.92 Å². The molecule has 0 saturated heterocycles. The summed E-state index contributed by atoms with van der Waals surface area (Å²) < 4.78 is 8.79. The SMILES string of the molecule is CC(C)[Si](OCC1CC=C(n2cnc3c(Cl)nc(N)nc32)C1)(C(C)C)C(C)C. The second-order valence-electron chi connectivity index (χ2n) is 8.79. The third kappa shape index (κ3) is 3.72. The zero-order chi connectivity index (χ0) is 20.6. The third-order valence-electron chi connectivity index (χ3n) is 6.14. The molecule has 1 aliphatic carbocycles. The Kier molecular flexibility index (Phi) is 6.17. The van der Waals surface area contributed by atoms with E-state index in [-0.39, 0.29) is 5.95 Å². The standard InChI is InChI=1S/C20H32ClN5OSi/c1-12(2)28(13(3)4,14(5)6)27-10-15-7-8-16(9-15)26-11-23-17-18(21)24-20(22)25-19(17)26/h8,11-15H,7,9-10H2,1-6H3,(H2,22,24,25). The summed E-state index contributed by atoms with van der Waals surface area (Å²) in [6.45, 7) is 14.8. The van der Waals surface area contributed by atoms with Crippen molar-refractivity contribution in [3.8, 4) is 0 Å². The predicted molar refractivity (Wildman–Crippen MR) is 119 cm³/mol. The van der Waals surface area contributed by atoms with Gasteiger partial charge in [0, 0.05) is 12.3 Å². The van der Waals surface area contributed by atoms with Gasteiger partial charge in [-0.05, 0) is 35.4 Å². The number of nitrogens with zero attached hydrogens (tertiary/aromatic N) is 4. The molecule has 8 heteroatoms. The normalized spacial score (nSPS) is 18.1. The number of halogens is 1. The van der Waals surface area contributed by atoms with E-state index < -0.39 is 8.32 Å². The highest BCUT2D eigenvalue weighted by molar-refractivity contribution is 6.77. The zero-order valence-corrected chi connectivity index (χ0v) is 19.5. The van der Waals surface area contributed by atoms with Gasteiger partial charge < -0.3 is 10.2 Å². The lowest BCUT2D eigenvalue weighted by Gasteiger charge is -2.42. The Hall–Kier alpha value is -1.44. The van der Waals surface area contributed by atoms with Gasteiger partial charge in [0.2, 0.25) is 5.95 Å². The second kappa shape index (κ2) is 8.12. The predicted octanol–water partition coefficient (Wildman–Crippen LogP) is 5.50. The van der Waals surface area contributed by atoms with Crippen LogP contribution in [0.1, 0.15) is 54.4 Å². The van der Waals surface area contributed by atoms with Crippen LogP contribution >= 0.6 is 11.6 Å². The molecule has 0 amide bonds. The first-order valence-electron chi connectivity index (χ1n) is 10.2. The molecular weight excluding hydrogens is 390 g/mol. The van der Waals surface area contributed by atoms with Crippen molar-refractivity contribution in [2.45, 2.75) is 71.0 Å². The van der Waals surface area contributed by atoms with E-state index >= 15 is 0 Å². The van der Waals surface area contributed by atoms with Crippen LogP contribution in [0.25, 0.3) is 16.9 Å². The molecule has 154 valence electrons. The minimum atomic E-state index is -1.84. The first-order chi connectivity index (χ1) is 13.2. The van der Waals surface area contributed by atoms with Crippen LogP contribution in [0.3, 0.4) is 0 Å². The molecule has 1 aliphatic rings. The van der Waals surface area contributed by atoms with Crippen molar-refractivity contribution >= 4 is 42.7 Å². The molecular formula is C20H32ClN5OSi. The second-order valence-corrected chi connectivity index (χ2v) is 14.6. The largest absolute Gasteiger partial charge is 0.416 e. The Morgan fingerprint density at radius 3 is 2.43 bits per heavy atom. The number of hydrogen-bond acceptors (Lipinski definition) is 5. The summed E-state index contributed by atoms with van der Waals surface area (Å²) in [5, 5.41) is 0.293.